The van der Waals surface area contributed by atoms with Crippen LogP contribution >= 0.6 is 0 Å². The Kier molecular flexibility index (Phi) is 5.79. The molecule has 196 valence electrons. The van der Waals surface area contributed by atoms with Crippen LogP contribution in [0.25, 0.3) is 77.5 Å². The summed E-state index contributed by atoms with van der Waals surface area (Å²) in [7, 11) is 0. The zero-order valence-corrected chi connectivity index (χ0v) is 22.8. The van der Waals surface area contributed by atoms with Gasteiger partial charge in [0.15, 0.2) is 0 Å². The number of para-hydroxylation sites is 2. The average Bonchev–Trinajstić information content (AvgIpc) is 3.08. The van der Waals surface area contributed by atoms with Crippen molar-refractivity contribution < 1.29 is 0 Å². The highest BCUT2D eigenvalue weighted by molar-refractivity contribution is 6.10. The highest BCUT2D eigenvalue weighted by Gasteiger charge is 2.14. The number of rotatable bonds is 4. The van der Waals surface area contributed by atoms with E-state index in [1.54, 1.807) is 0 Å². The van der Waals surface area contributed by atoms with Gasteiger partial charge in [-0.05, 0) is 51.9 Å². The summed E-state index contributed by atoms with van der Waals surface area (Å²) in [6.07, 6.45) is 1.87. The molecule has 0 bridgehead atoms. The van der Waals surface area contributed by atoms with Crippen LogP contribution < -0.4 is 0 Å². The van der Waals surface area contributed by atoms with Crippen molar-refractivity contribution in [1.29, 1.82) is 0 Å². The molecular weight excluding hydrogens is 510 g/mol. The molecule has 0 unspecified atom stereocenters. The highest BCUT2D eigenvalue weighted by Crippen LogP contribution is 2.36. The van der Waals surface area contributed by atoms with Gasteiger partial charge in [-0.3, -0.25) is 4.98 Å². The van der Waals surface area contributed by atoms with Crippen LogP contribution in [0.1, 0.15) is 0 Å². The molecular formula is C39H25N3. The van der Waals surface area contributed by atoms with Crippen LogP contribution in [-0.4, -0.2) is 15.0 Å². The smallest absolute Gasteiger partial charge is 0.0973 e. The third kappa shape index (κ3) is 4.20. The molecule has 0 saturated carbocycles. The van der Waals surface area contributed by atoms with E-state index >= 15 is 0 Å². The van der Waals surface area contributed by atoms with E-state index in [-0.39, 0.29) is 0 Å². The molecule has 0 atom stereocenters. The lowest BCUT2D eigenvalue weighted by Gasteiger charge is -2.12. The second kappa shape index (κ2) is 10.1. The van der Waals surface area contributed by atoms with E-state index in [4.69, 9.17) is 9.97 Å². The molecule has 0 aliphatic rings. The van der Waals surface area contributed by atoms with E-state index in [1.807, 2.05) is 54.7 Å². The molecule has 3 nitrogen and oxygen atoms in total. The molecule has 0 aliphatic carbocycles. The van der Waals surface area contributed by atoms with Gasteiger partial charge in [-0.2, -0.15) is 0 Å². The maximum atomic E-state index is 5.06. The van der Waals surface area contributed by atoms with Crippen LogP contribution in [0, 0.1) is 0 Å². The number of aromatic nitrogens is 3. The third-order valence-electron chi connectivity index (χ3n) is 7.91. The summed E-state index contributed by atoms with van der Waals surface area (Å²) in [6.45, 7) is 0. The summed E-state index contributed by atoms with van der Waals surface area (Å²) < 4.78 is 0. The van der Waals surface area contributed by atoms with Crippen molar-refractivity contribution in [3.8, 4) is 44.8 Å². The first kappa shape index (κ1) is 24.2. The van der Waals surface area contributed by atoms with Gasteiger partial charge >= 0.3 is 0 Å². The van der Waals surface area contributed by atoms with Gasteiger partial charge in [0.05, 0.1) is 27.9 Å². The Bertz CT molecular complexity index is 2240. The molecule has 0 saturated heterocycles. The van der Waals surface area contributed by atoms with Crippen LogP contribution in [0.3, 0.4) is 0 Å². The average molecular weight is 536 g/mol. The minimum atomic E-state index is 0.886. The molecule has 0 amide bonds. The van der Waals surface area contributed by atoms with Crippen molar-refractivity contribution in [2.75, 3.05) is 0 Å². The SMILES string of the molecule is c1ccc(-c2nc3ccccc3nc2-c2ccc(-c3cccc(-c4cccc5c4ccc4cccnc45)c3)cc2)cc1. The number of nitrogens with zero attached hydrogens (tertiary/aromatic N) is 3. The van der Waals surface area contributed by atoms with Crippen molar-refractivity contribution in [3.63, 3.8) is 0 Å². The Hall–Kier alpha value is -5.67. The molecule has 0 spiro atoms. The Morgan fingerprint density at radius 1 is 0.381 bits per heavy atom. The fourth-order valence-electron chi connectivity index (χ4n) is 5.84. The van der Waals surface area contributed by atoms with Crippen molar-refractivity contribution in [2.45, 2.75) is 0 Å². The maximum absolute atomic E-state index is 5.06. The summed E-state index contributed by atoms with van der Waals surface area (Å²) >= 11 is 0. The van der Waals surface area contributed by atoms with E-state index in [1.165, 1.54) is 27.5 Å². The van der Waals surface area contributed by atoms with Crippen LogP contribution in [0.5, 0.6) is 0 Å². The molecule has 2 aromatic heterocycles. The summed E-state index contributed by atoms with van der Waals surface area (Å²) in [4.78, 5) is 14.8. The monoisotopic (exact) mass is 535 g/mol. The zero-order valence-electron chi connectivity index (χ0n) is 22.8. The first-order chi connectivity index (χ1) is 20.8. The Morgan fingerprint density at radius 3 is 1.81 bits per heavy atom. The molecule has 6 aromatic carbocycles. The van der Waals surface area contributed by atoms with Gasteiger partial charge in [0.25, 0.3) is 0 Å². The summed E-state index contributed by atoms with van der Waals surface area (Å²) in [5, 5.41) is 3.54. The standard InChI is InChI=1S/C39H25N3/c1-2-9-27(10-3-1)38-39(42-36-17-5-4-16-35(36)41-38)29-20-18-26(19-21-29)30-11-6-12-31(25-30)32-14-7-15-34-33(32)23-22-28-13-8-24-40-37(28)34/h1-25H. The Labute approximate surface area is 243 Å². The number of hydrogen-bond donors (Lipinski definition) is 0. The lowest BCUT2D eigenvalue weighted by molar-refractivity contribution is 1.29. The largest absolute Gasteiger partial charge is 0.256 e. The molecule has 2 heterocycles. The van der Waals surface area contributed by atoms with Crippen molar-refractivity contribution in [3.05, 3.63) is 152 Å². The molecule has 42 heavy (non-hydrogen) atoms. The Balaban J connectivity index is 1.20. The number of hydrogen-bond acceptors (Lipinski definition) is 3. The van der Waals surface area contributed by atoms with E-state index < -0.39 is 0 Å². The predicted octanol–water partition coefficient (Wildman–Crippen LogP) is 10.00. The van der Waals surface area contributed by atoms with Gasteiger partial charge in [0.2, 0.25) is 0 Å². The maximum Gasteiger partial charge on any atom is 0.0973 e. The van der Waals surface area contributed by atoms with Crippen molar-refractivity contribution >= 4 is 32.7 Å². The number of pyridine rings is 1. The molecule has 0 fully saturated rings. The van der Waals surface area contributed by atoms with Gasteiger partial charge in [0.1, 0.15) is 0 Å². The third-order valence-corrected chi connectivity index (χ3v) is 7.91. The van der Waals surface area contributed by atoms with Crippen molar-refractivity contribution in [1.82, 2.24) is 15.0 Å². The summed E-state index contributed by atoms with van der Waals surface area (Å²) in [5.74, 6) is 0. The first-order valence-electron chi connectivity index (χ1n) is 14.1. The second-order valence-corrected chi connectivity index (χ2v) is 10.5. The summed E-state index contributed by atoms with van der Waals surface area (Å²) in [5.41, 5.74) is 11.4. The second-order valence-electron chi connectivity index (χ2n) is 10.5. The van der Waals surface area contributed by atoms with E-state index in [9.17, 15) is 0 Å². The molecule has 8 rings (SSSR count). The van der Waals surface area contributed by atoms with Crippen LogP contribution in [0.2, 0.25) is 0 Å². The topological polar surface area (TPSA) is 38.7 Å². The van der Waals surface area contributed by atoms with Crippen molar-refractivity contribution in [2.24, 2.45) is 0 Å². The molecule has 8 aromatic rings. The fourth-order valence-corrected chi connectivity index (χ4v) is 5.84. The Morgan fingerprint density at radius 2 is 1.02 bits per heavy atom. The predicted molar refractivity (Wildman–Crippen MR) is 174 cm³/mol. The molecule has 0 N–H and O–H groups in total. The van der Waals surface area contributed by atoms with Gasteiger partial charge in [0, 0.05) is 28.1 Å². The minimum Gasteiger partial charge on any atom is -0.256 e. The lowest BCUT2D eigenvalue weighted by Crippen LogP contribution is -1.95. The van der Waals surface area contributed by atoms with Gasteiger partial charge in [-0.1, -0.05) is 121 Å². The normalized spacial score (nSPS) is 11.3. The van der Waals surface area contributed by atoms with E-state index in [0.717, 1.165) is 50.0 Å². The van der Waals surface area contributed by atoms with Crippen LogP contribution in [0.15, 0.2) is 152 Å². The molecule has 0 radical (unpaired) electrons. The first-order valence-corrected chi connectivity index (χ1v) is 14.1. The molecule has 3 heteroatoms. The molecule has 0 aliphatic heterocycles. The van der Waals surface area contributed by atoms with Gasteiger partial charge in [-0.25, -0.2) is 9.97 Å². The number of benzene rings is 6. The number of fused-ring (bicyclic) bond motifs is 4. The van der Waals surface area contributed by atoms with E-state index in [0.29, 0.717) is 0 Å². The van der Waals surface area contributed by atoms with E-state index in [2.05, 4.69) is 102 Å². The minimum absolute atomic E-state index is 0.886. The lowest BCUT2D eigenvalue weighted by atomic mass is 9.94. The van der Waals surface area contributed by atoms with Crippen LogP contribution in [0.4, 0.5) is 0 Å². The fraction of sp³-hybridized carbons (Fsp3) is 0. The van der Waals surface area contributed by atoms with Gasteiger partial charge < -0.3 is 0 Å². The zero-order chi connectivity index (χ0) is 27.9. The van der Waals surface area contributed by atoms with Gasteiger partial charge in [-0.15, -0.1) is 0 Å². The highest BCUT2D eigenvalue weighted by atomic mass is 14.8. The van der Waals surface area contributed by atoms with Crippen LogP contribution in [-0.2, 0) is 0 Å². The quantitative estimate of drug-likeness (QED) is 0.211. The summed E-state index contributed by atoms with van der Waals surface area (Å²) in [6, 6.07) is 50.8.